The van der Waals surface area contributed by atoms with Gasteiger partial charge in [0.1, 0.15) is 0 Å². The minimum Gasteiger partial charge on any atom is -0.345 e. The van der Waals surface area contributed by atoms with E-state index in [1.165, 1.54) is 29.2 Å². The smallest absolute Gasteiger partial charge is 0.270 e. The lowest BCUT2D eigenvalue weighted by atomic mass is 10.1. The second kappa shape index (κ2) is 11.4. The first kappa shape index (κ1) is 23.5. The number of carbonyl (C=O) groups excluding carboxylic acids is 3. The van der Waals surface area contributed by atoms with Crippen LogP contribution in [0.2, 0.25) is 0 Å². The number of hydrogen-bond acceptors (Lipinski definition) is 5. The number of aryl methyl sites for hydroxylation is 1. The average Bonchev–Trinajstić information content (AvgIpc) is 2.76. The molecule has 2 rings (SSSR count). The molecule has 2 aromatic carbocycles. The molecule has 9 heteroatoms. The van der Waals surface area contributed by atoms with E-state index in [0.717, 1.165) is 12.0 Å². The van der Waals surface area contributed by atoms with Crippen LogP contribution in [0.1, 0.15) is 35.7 Å². The Morgan fingerprint density at radius 3 is 2.42 bits per heavy atom. The summed E-state index contributed by atoms with van der Waals surface area (Å²) >= 11 is 0. The standard InChI is InChI=1S/C22H26N4O5/c1-3-4-12-25(22(29)17-6-5-7-19(13-17)26(30)31)15-21(28)23-14-20(27)24-18-10-8-16(2)9-11-18/h5-11,13H,3-4,12,14-15H2,1-2H3,(H,23,28)(H,24,27). The third-order valence-electron chi connectivity index (χ3n) is 4.49. The van der Waals surface area contributed by atoms with Crippen LogP contribution in [0, 0.1) is 17.0 Å². The zero-order chi connectivity index (χ0) is 22.8. The number of hydrogen-bond donors (Lipinski definition) is 2. The van der Waals surface area contributed by atoms with E-state index in [1.54, 1.807) is 12.1 Å². The molecular formula is C22H26N4O5. The molecule has 0 saturated heterocycles. The highest BCUT2D eigenvalue weighted by Gasteiger charge is 2.20. The molecule has 0 aliphatic rings. The highest BCUT2D eigenvalue weighted by Crippen LogP contribution is 2.15. The van der Waals surface area contributed by atoms with Crippen molar-refractivity contribution in [3.8, 4) is 0 Å². The number of anilines is 1. The molecule has 0 heterocycles. The van der Waals surface area contributed by atoms with Gasteiger partial charge in [0.25, 0.3) is 11.6 Å². The molecule has 0 fully saturated rings. The molecule has 3 amide bonds. The van der Waals surface area contributed by atoms with E-state index in [0.29, 0.717) is 18.7 Å². The van der Waals surface area contributed by atoms with Gasteiger partial charge in [-0.2, -0.15) is 0 Å². The van der Waals surface area contributed by atoms with E-state index in [9.17, 15) is 24.5 Å². The fraction of sp³-hybridized carbons (Fsp3) is 0.318. The predicted molar refractivity (Wildman–Crippen MR) is 117 cm³/mol. The van der Waals surface area contributed by atoms with Gasteiger partial charge in [-0.1, -0.05) is 37.1 Å². The van der Waals surface area contributed by atoms with Crippen molar-refractivity contribution in [3.05, 3.63) is 69.8 Å². The normalized spacial score (nSPS) is 10.3. The SMILES string of the molecule is CCCCN(CC(=O)NCC(=O)Nc1ccc(C)cc1)C(=O)c1cccc([N+](=O)[O-])c1. The van der Waals surface area contributed by atoms with E-state index in [-0.39, 0.29) is 30.2 Å². The lowest BCUT2D eigenvalue weighted by Gasteiger charge is -2.22. The maximum atomic E-state index is 12.8. The molecule has 0 aromatic heterocycles. The summed E-state index contributed by atoms with van der Waals surface area (Å²) in [7, 11) is 0. The monoisotopic (exact) mass is 426 g/mol. The molecular weight excluding hydrogens is 400 g/mol. The molecule has 164 valence electrons. The van der Waals surface area contributed by atoms with Crippen molar-refractivity contribution in [2.45, 2.75) is 26.7 Å². The molecule has 2 N–H and O–H groups in total. The largest absolute Gasteiger partial charge is 0.345 e. The summed E-state index contributed by atoms with van der Waals surface area (Å²) in [4.78, 5) is 48.9. The van der Waals surface area contributed by atoms with Crippen LogP contribution in [0.25, 0.3) is 0 Å². The van der Waals surface area contributed by atoms with Crippen molar-refractivity contribution in [1.82, 2.24) is 10.2 Å². The van der Waals surface area contributed by atoms with Crippen molar-refractivity contribution >= 4 is 29.1 Å². The van der Waals surface area contributed by atoms with E-state index in [4.69, 9.17) is 0 Å². The number of nitro groups is 1. The number of unbranched alkanes of at least 4 members (excludes halogenated alkanes) is 1. The van der Waals surface area contributed by atoms with Crippen LogP contribution in [-0.2, 0) is 9.59 Å². The fourth-order valence-corrected chi connectivity index (χ4v) is 2.79. The van der Waals surface area contributed by atoms with Gasteiger partial charge in [-0.25, -0.2) is 0 Å². The maximum Gasteiger partial charge on any atom is 0.270 e. The predicted octanol–water partition coefficient (Wildman–Crippen LogP) is 2.90. The van der Waals surface area contributed by atoms with E-state index in [2.05, 4.69) is 10.6 Å². The summed E-state index contributed by atoms with van der Waals surface area (Å²) < 4.78 is 0. The van der Waals surface area contributed by atoms with Crippen LogP contribution in [0.3, 0.4) is 0 Å². The quantitative estimate of drug-likeness (QED) is 0.447. The summed E-state index contributed by atoms with van der Waals surface area (Å²) in [6.45, 7) is 3.72. The minimum atomic E-state index is -0.577. The first-order chi connectivity index (χ1) is 14.8. The molecule has 0 aliphatic heterocycles. The third kappa shape index (κ3) is 7.54. The van der Waals surface area contributed by atoms with Gasteiger partial charge in [-0.05, 0) is 31.5 Å². The second-order valence-electron chi connectivity index (χ2n) is 7.08. The summed E-state index contributed by atoms with van der Waals surface area (Å²) in [6.07, 6.45) is 1.47. The van der Waals surface area contributed by atoms with Gasteiger partial charge in [0, 0.05) is 29.9 Å². The Morgan fingerprint density at radius 1 is 1.06 bits per heavy atom. The van der Waals surface area contributed by atoms with Crippen molar-refractivity contribution < 1.29 is 19.3 Å². The molecule has 9 nitrogen and oxygen atoms in total. The van der Waals surface area contributed by atoms with Crippen molar-refractivity contribution in [3.63, 3.8) is 0 Å². The summed E-state index contributed by atoms with van der Waals surface area (Å²) in [5.74, 6) is -1.35. The molecule has 0 saturated carbocycles. The van der Waals surface area contributed by atoms with Gasteiger partial charge >= 0.3 is 0 Å². The van der Waals surface area contributed by atoms with Crippen LogP contribution in [0.15, 0.2) is 48.5 Å². The Kier molecular flexibility index (Phi) is 8.68. The molecule has 0 atom stereocenters. The van der Waals surface area contributed by atoms with Crippen molar-refractivity contribution in [1.29, 1.82) is 0 Å². The molecule has 0 unspecified atom stereocenters. The van der Waals surface area contributed by atoms with Crippen LogP contribution in [0.5, 0.6) is 0 Å². The highest BCUT2D eigenvalue weighted by atomic mass is 16.6. The second-order valence-corrected chi connectivity index (χ2v) is 7.08. The van der Waals surface area contributed by atoms with E-state index >= 15 is 0 Å². The Hall–Kier alpha value is -3.75. The van der Waals surface area contributed by atoms with Crippen molar-refractivity contribution in [2.24, 2.45) is 0 Å². The van der Waals surface area contributed by atoms with Crippen LogP contribution < -0.4 is 10.6 Å². The van der Waals surface area contributed by atoms with E-state index < -0.39 is 16.7 Å². The zero-order valence-corrected chi connectivity index (χ0v) is 17.6. The lowest BCUT2D eigenvalue weighted by Crippen LogP contribution is -2.43. The molecule has 31 heavy (non-hydrogen) atoms. The molecule has 0 bridgehead atoms. The number of amides is 3. The molecule has 0 aliphatic carbocycles. The van der Waals surface area contributed by atoms with E-state index in [1.807, 2.05) is 26.0 Å². The molecule has 0 spiro atoms. The molecule has 2 aromatic rings. The van der Waals surface area contributed by atoms with Gasteiger partial charge in [0.15, 0.2) is 0 Å². The number of rotatable bonds is 10. The first-order valence-corrected chi connectivity index (χ1v) is 9.97. The average molecular weight is 426 g/mol. The Balaban J connectivity index is 1.96. The van der Waals surface area contributed by atoms with Gasteiger partial charge in [-0.15, -0.1) is 0 Å². The van der Waals surface area contributed by atoms with Gasteiger partial charge in [-0.3, -0.25) is 24.5 Å². The number of benzene rings is 2. The number of nitrogens with one attached hydrogen (secondary N) is 2. The highest BCUT2D eigenvalue weighted by molar-refractivity contribution is 5.98. The van der Waals surface area contributed by atoms with Crippen LogP contribution in [0.4, 0.5) is 11.4 Å². The molecule has 0 radical (unpaired) electrons. The topological polar surface area (TPSA) is 122 Å². The zero-order valence-electron chi connectivity index (χ0n) is 17.6. The van der Waals surface area contributed by atoms with Gasteiger partial charge in [0.2, 0.25) is 11.8 Å². The first-order valence-electron chi connectivity index (χ1n) is 9.97. The number of carbonyl (C=O) groups is 3. The Morgan fingerprint density at radius 2 is 1.77 bits per heavy atom. The Labute approximate surface area is 180 Å². The number of nitro benzene ring substituents is 1. The third-order valence-corrected chi connectivity index (χ3v) is 4.49. The summed E-state index contributed by atoms with van der Waals surface area (Å²) in [5, 5.41) is 16.2. The minimum absolute atomic E-state index is 0.134. The van der Waals surface area contributed by atoms with Crippen LogP contribution >= 0.6 is 0 Å². The van der Waals surface area contributed by atoms with Gasteiger partial charge < -0.3 is 15.5 Å². The fourth-order valence-electron chi connectivity index (χ4n) is 2.79. The summed E-state index contributed by atoms with van der Waals surface area (Å²) in [5.41, 5.74) is 1.62. The van der Waals surface area contributed by atoms with Crippen LogP contribution in [-0.4, -0.2) is 47.2 Å². The summed E-state index contributed by atoms with van der Waals surface area (Å²) in [6, 6.07) is 12.6. The maximum absolute atomic E-state index is 12.8. The Bertz CT molecular complexity index is 943. The number of nitrogens with zero attached hydrogens (tertiary/aromatic N) is 2. The lowest BCUT2D eigenvalue weighted by molar-refractivity contribution is -0.384. The number of non-ortho nitro benzene ring substituents is 1. The van der Waals surface area contributed by atoms with Crippen molar-refractivity contribution in [2.75, 3.05) is 25.0 Å². The van der Waals surface area contributed by atoms with Gasteiger partial charge in [0.05, 0.1) is 18.0 Å².